The molecule has 0 aromatic rings. The van der Waals surface area contributed by atoms with Crippen LogP contribution in [0.15, 0.2) is 0 Å². The summed E-state index contributed by atoms with van der Waals surface area (Å²) in [5.74, 6) is 0. The van der Waals surface area contributed by atoms with E-state index in [9.17, 15) is 0 Å². The van der Waals surface area contributed by atoms with Crippen LogP contribution in [0.3, 0.4) is 0 Å². The minimum atomic E-state index is 0.593. The van der Waals surface area contributed by atoms with Crippen LogP contribution in [-0.2, 0) is 0 Å². The van der Waals surface area contributed by atoms with Crippen molar-refractivity contribution in [1.29, 1.82) is 0 Å². The molecule has 0 atom stereocenters. The van der Waals surface area contributed by atoms with E-state index in [1.54, 1.807) is 0 Å². The van der Waals surface area contributed by atoms with Crippen molar-refractivity contribution in [3.8, 4) is 0 Å². The normalized spacial score (nSPS) is 21.0. The molecular weight excluding hydrogens is 208 g/mol. The van der Waals surface area contributed by atoms with Gasteiger partial charge in [0.2, 0.25) is 0 Å². The maximum atomic E-state index is 3.74. The summed E-state index contributed by atoms with van der Waals surface area (Å²) in [6, 6.07) is 0.781. The van der Waals surface area contributed by atoms with Crippen molar-refractivity contribution < 1.29 is 0 Å². The number of rotatable bonds is 7. The van der Waals surface area contributed by atoms with E-state index in [4.69, 9.17) is 0 Å². The van der Waals surface area contributed by atoms with Gasteiger partial charge in [-0.15, -0.1) is 0 Å². The molecule has 17 heavy (non-hydrogen) atoms. The van der Waals surface area contributed by atoms with E-state index < -0.39 is 0 Å². The van der Waals surface area contributed by atoms with Crippen LogP contribution in [0.25, 0.3) is 0 Å². The highest BCUT2D eigenvalue weighted by Gasteiger charge is 2.26. The van der Waals surface area contributed by atoms with Gasteiger partial charge >= 0.3 is 0 Å². The van der Waals surface area contributed by atoms with Crippen LogP contribution in [0.2, 0.25) is 0 Å². The molecule has 0 radical (unpaired) electrons. The summed E-state index contributed by atoms with van der Waals surface area (Å²) < 4.78 is 0. The molecule has 0 bridgehead atoms. The SMILES string of the molecule is CCCN(CC)CCNC1CCC(C)(C)CC1. The van der Waals surface area contributed by atoms with Crippen LogP contribution in [0.5, 0.6) is 0 Å². The second-order valence-corrected chi connectivity index (χ2v) is 6.33. The van der Waals surface area contributed by atoms with Gasteiger partial charge in [-0.2, -0.15) is 0 Å². The Hall–Kier alpha value is -0.0800. The number of hydrogen-bond acceptors (Lipinski definition) is 2. The molecule has 1 saturated carbocycles. The zero-order chi connectivity index (χ0) is 12.7. The van der Waals surface area contributed by atoms with Crippen molar-refractivity contribution in [3.63, 3.8) is 0 Å². The summed E-state index contributed by atoms with van der Waals surface area (Å²) in [6.45, 7) is 14.1. The molecule has 2 heteroatoms. The standard InChI is InChI=1S/C15H32N2/c1-5-12-17(6-2)13-11-16-14-7-9-15(3,4)10-8-14/h14,16H,5-13H2,1-4H3. The van der Waals surface area contributed by atoms with Gasteiger partial charge in [0.25, 0.3) is 0 Å². The molecule has 2 nitrogen and oxygen atoms in total. The highest BCUT2D eigenvalue weighted by molar-refractivity contribution is 4.82. The van der Waals surface area contributed by atoms with Crippen molar-refractivity contribution in [1.82, 2.24) is 10.2 Å². The Labute approximate surface area is 108 Å². The molecule has 1 rings (SSSR count). The number of nitrogens with one attached hydrogen (secondary N) is 1. The Morgan fingerprint density at radius 2 is 1.76 bits per heavy atom. The first-order chi connectivity index (χ1) is 8.07. The average Bonchev–Trinajstić information content (AvgIpc) is 2.30. The van der Waals surface area contributed by atoms with E-state index in [2.05, 4.69) is 37.9 Å². The summed E-state index contributed by atoms with van der Waals surface area (Å²) in [7, 11) is 0. The lowest BCUT2D eigenvalue weighted by Crippen LogP contribution is -2.40. The largest absolute Gasteiger partial charge is 0.313 e. The van der Waals surface area contributed by atoms with Crippen LogP contribution in [-0.4, -0.2) is 37.1 Å². The quantitative estimate of drug-likeness (QED) is 0.735. The second-order valence-electron chi connectivity index (χ2n) is 6.33. The lowest BCUT2D eigenvalue weighted by Gasteiger charge is -2.35. The molecule has 1 N–H and O–H groups in total. The Kier molecular flexibility index (Phi) is 6.50. The molecule has 0 aromatic heterocycles. The second kappa shape index (κ2) is 7.38. The smallest absolute Gasteiger partial charge is 0.0107 e. The van der Waals surface area contributed by atoms with E-state index >= 15 is 0 Å². The van der Waals surface area contributed by atoms with Crippen molar-refractivity contribution in [3.05, 3.63) is 0 Å². The Bertz CT molecular complexity index is 191. The third-order valence-electron chi connectivity index (χ3n) is 4.19. The first-order valence-corrected chi connectivity index (χ1v) is 7.53. The summed E-state index contributed by atoms with van der Waals surface area (Å²) >= 11 is 0. The highest BCUT2D eigenvalue weighted by Crippen LogP contribution is 2.34. The minimum absolute atomic E-state index is 0.593. The van der Waals surface area contributed by atoms with Crippen LogP contribution >= 0.6 is 0 Å². The average molecular weight is 240 g/mol. The fourth-order valence-corrected chi connectivity index (χ4v) is 2.77. The molecule has 1 aliphatic carbocycles. The van der Waals surface area contributed by atoms with Crippen LogP contribution in [0, 0.1) is 5.41 Å². The Balaban J connectivity index is 2.11. The first-order valence-electron chi connectivity index (χ1n) is 7.53. The summed E-state index contributed by atoms with van der Waals surface area (Å²) in [4.78, 5) is 2.54. The maximum Gasteiger partial charge on any atom is 0.0107 e. The van der Waals surface area contributed by atoms with Crippen molar-refractivity contribution in [2.24, 2.45) is 5.41 Å². The molecule has 0 unspecified atom stereocenters. The lowest BCUT2D eigenvalue weighted by molar-refractivity contribution is 0.200. The van der Waals surface area contributed by atoms with Crippen LogP contribution < -0.4 is 5.32 Å². The van der Waals surface area contributed by atoms with Gasteiger partial charge in [-0.05, 0) is 50.6 Å². The Morgan fingerprint density at radius 3 is 2.29 bits per heavy atom. The maximum absolute atomic E-state index is 3.74. The van der Waals surface area contributed by atoms with Gasteiger partial charge in [0, 0.05) is 19.1 Å². The lowest BCUT2D eigenvalue weighted by atomic mass is 9.75. The van der Waals surface area contributed by atoms with Crippen molar-refractivity contribution >= 4 is 0 Å². The molecule has 102 valence electrons. The van der Waals surface area contributed by atoms with Gasteiger partial charge in [0.15, 0.2) is 0 Å². The van der Waals surface area contributed by atoms with Crippen LogP contribution in [0.1, 0.15) is 59.8 Å². The predicted octanol–water partition coefficient (Wildman–Crippen LogP) is 3.28. The van der Waals surface area contributed by atoms with Crippen LogP contribution in [0.4, 0.5) is 0 Å². The summed E-state index contributed by atoms with van der Waals surface area (Å²) in [5.41, 5.74) is 0.593. The third-order valence-corrected chi connectivity index (χ3v) is 4.19. The molecular formula is C15H32N2. The third kappa shape index (κ3) is 5.87. The van der Waals surface area contributed by atoms with E-state index in [1.807, 2.05) is 0 Å². The number of hydrogen-bond donors (Lipinski definition) is 1. The predicted molar refractivity (Wildman–Crippen MR) is 76.4 cm³/mol. The molecule has 1 fully saturated rings. The van der Waals surface area contributed by atoms with E-state index in [0.29, 0.717) is 5.41 Å². The molecule has 0 spiro atoms. The molecule has 0 aromatic carbocycles. The zero-order valence-corrected chi connectivity index (χ0v) is 12.4. The van der Waals surface area contributed by atoms with Gasteiger partial charge < -0.3 is 10.2 Å². The van der Waals surface area contributed by atoms with E-state index in [-0.39, 0.29) is 0 Å². The topological polar surface area (TPSA) is 15.3 Å². The molecule has 0 saturated heterocycles. The van der Waals surface area contributed by atoms with Gasteiger partial charge in [-0.25, -0.2) is 0 Å². The first kappa shape index (κ1) is 15.0. The van der Waals surface area contributed by atoms with Gasteiger partial charge in [-0.3, -0.25) is 0 Å². The van der Waals surface area contributed by atoms with Crippen molar-refractivity contribution in [2.45, 2.75) is 65.8 Å². The molecule has 0 aliphatic heterocycles. The molecule has 0 heterocycles. The molecule has 1 aliphatic rings. The Morgan fingerprint density at radius 1 is 1.12 bits per heavy atom. The zero-order valence-electron chi connectivity index (χ0n) is 12.4. The van der Waals surface area contributed by atoms with Crippen molar-refractivity contribution in [2.75, 3.05) is 26.2 Å². The highest BCUT2D eigenvalue weighted by atomic mass is 15.1. The number of nitrogens with zero attached hydrogens (tertiary/aromatic N) is 1. The summed E-state index contributed by atoms with van der Waals surface area (Å²) in [6.07, 6.45) is 6.78. The molecule has 0 amide bonds. The van der Waals surface area contributed by atoms with Gasteiger partial charge in [0.05, 0.1) is 0 Å². The van der Waals surface area contributed by atoms with E-state index in [1.165, 1.54) is 58.3 Å². The number of likely N-dealkylation sites (N-methyl/N-ethyl adjacent to an activating group) is 1. The van der Waals surface area contributed by atoms with Gasteiger partial charge in [-0.1, -0.05) is 27.7 Å². The fraction of sp³-hybridized carbons (Fsp3) is 1.00. The minimum Gasteiger partial charge on any atom is -0.313 e. The van der Waals surface area contributed by atoms with E-state index in [0.717, 1.165) is 6.04 Å². The fourth-order valence-electron chi connectivity index (χ4n) is 2.77. The monoisotopic (exact) mass is 240 g/mol. The summed E-state index contributed by atoms with van der Waals surface area (Å²) in [5, 5.41) is 3.74. The van der Waals surface area contributed by atoms with Gasteiger partial charge in [0.1, 0.15) is 0 Å².